The van der Waals surface area contributed by atoms with E-state index in [-0.39, 0.29) is 6.42 Å². The Morgan fingerprint density at radius 2 is 2.00 bits per heavy atom. The van der Waals surface area contributed by atoms with Crippen LogP contribution in [0.1, 0.15) is 19.4 Å². The highest BCUT2D eigenvalue weighted by Crippen LogP contribution is 2.16. The molecule has 0 unspecified atom stereocenters. The summed E-state index contributed by atoms with van der Waals surface area (Å²) in [6.07, 6.45) is 3.91. The lowest BCUT2D eigenvalue weighted by Gasteiger charge is -2.14. The van der Waals surface area contributed by atoms with Crippen LogP contribution in [0.4, 0.5) is 5.69 Å². The SMILES string of the molecule is CC.O=C(O)Cc1ccc(N2C=CNC2)cc1. The molecule has 1 aromatic carbocycles. The average molecular weight is 234 g/mol. The standard InChI is InChI=1S/C11H12N2O2.C2H6/c14-11(15)7-9-1-3-10(4-2-9)13-6-5-12-8-13;1-2/h1-6,12H,7-8H2,(H,14,15);1-2H3. The summed E-state index contributed by atoms with van der Waals surface area (Å²) in [6, 6.07) is 7.54. The van der Waals surface area contributed by atoms with Gasteiger partial charge < -0.3 is 15.3 Å². The fraction of sp³-hybridized carbons (Fsp3) is 0.308. The quantitative estimate of drug-likeness (QED) is 0.841. The van der Waals surface area contributed by atoms with Gasteiger partial charge in [-0.1, -0.05) is 26.0 Å². The number of carboxylic acid groups (broad SMARTS) is 1. The van der Waals surface area contributed by atoms with Gasteiger partial charge in [0.2, 0.25) is 0 Å². The maximum absolute atomic E-state index is 10.5. The molecule has 1 heterocycles. The number of nitrogens with one attached hydrogen (secondary N) is 1. The molecule has 2 rings (SSSR count). The first kappa shape index (κ1) is 13.1. The van der Waals surface area contributed by atoms with Crippen LogP contribution in [-0.2, 0) is 11.2 Å². The van der Waals surface area contributed by atoms with E-state index in [2.05, 4.69) is 5.32 Å². The Morgan fingerprint density at radius 3 is 2.47 bits per heavy atom. The zero-order valence-corrected chi connectivity index (χ0v) is 10.2. The number of benzene rings is 1. The van der Waals surface area contributed by atoms with E-state index in [4.69, 9.17) is 5.11 Å². The van der Waals surface area contributed by atoms with Crippen LogP contribution in [0.15, 0.2) is 36.7 Å². The van der Waals surface area contributed by atoms with E-state index in [1.807, 2.05) is 55.4 Å². The molecule has 4 nitrogen and oxygen atoms in total. The van der Waals surface area contributed by atoms with E-state index in [1.165, 1.54) is 0 Å². The largest absolute Gasteiger partial charge is 0.481 e. The summed E-state index contributed by atoms with van der Waals surface area (Å²) in [7, 11) is 0. The van der Waals surface area contributed by atoms with Crippen molar-refractivity contribution in [1.82, 2.24) is 5.32 Å². The van der Waals surface area contributed by atoms with Crippen LogP contribution in [0.3, 0.4) is 0 Å². The average Bonchev–Trinajstić information content (AvgIpc) is 2.85. The predicted molar refractivity (Wildman–Crippen MR) is 68.8 cm³/mol. The van der Waals surface area contributed by atoms with Crippen LogP contribution >= 0.6 is 0 Å². The molecule has 0 saturated carbocycles. The fourth-order valence-corrected chi connectivity index (χ4v) is 1.50. The summed E-state index contributed by atoms with van der Waals surface area (Å²) in [4.78, 5) is 12.5. The van der Waals surface area contributed by atoms with E-state index in [0.717, 1.165) is 17.9 Å². The molecule has 92 valence electrons. The van der Waals surface area contributed by atoms with Crippen LogP contribution in [-0.4, -0.2) is 17.7 Å². The van der Waals surface area contributed by atoms with E-state index in [0.29, 0.717) is 0 Å². The molecule has 0 aliphatic carbocycles. The van der Waals surface area contributed by atoms with Gasteiger partial charge in [0, 0.05) is 18.1 Å². The highest BCUT2D eigenvalue weighted by molar-refractivity contribution is 5.70. The van der Waals surface area contributed by atoms with E-state index in [1.54, 1.807) is 0 Å². The summed E-state index contributed by atoms with van der Waals surface area (Å²) >= 11 is 0. The Bertz CT molecular complexity index is 385. The molecule has 0 amide bonds. The van der Waals surface area contributed by atoms with Gasteiger partial charge in [-0.2, -0.15) is 0 Å². The molecule has 4 heteroatoms. The number of hydrogen-bond acceptors (Lipinski definition) is 3. The van der Waals surface area contributed by atoms with Crippen molar-refractivity contribution in [3.05, 3.63) is 42.2 Å². The van der Waals surface area contributed by atoms with Crippen LogP contribution in [0.25, 0.3) is 0 Å². The third-order valence-corrected chi connectivity index (χ3v) is 2.26. The van der Waals surface area contributed by atoms with E-state index < -0.39 is 5.97 Å². The maximum Gasteiger partial charge on any atom is 0.307 e. The Hall–Kier alpha value is -1.97. The molecule has 0 spiro atoms. The first-order valence-electron chi connectivity index (χ1n) is 5.73. The lowest BCUT2D eigenvalue weighted by molar-refractivity contribution is -0.136. The molecule has 0 radical (unpaired) electrons. The van der Waals surface area contributed by atoms with Gasteiger partial charge in [-0.25, -0.2) is 0 Å². The van der Waals surface area contributed by atoms with Crippen molar-refractivity contribution in [1.29, 1.82) is 0 Å². The van der Waals surface area contributed by atoms with Crippen LogP contribution in [0, 0.1) is 0 Å². The molecule has 0 fully saturated rings. The highest BCUT2D eigenvalue weighted by atomic mass is 16.4. The van der Waals surface area contributed by atoms with Gasteiger partial charge in [-0.3, -0.25) is 4.79 Å². The number of carboxylic acids is 1. The van der Waals surface area contributed by atoms with Crippen molar-refractivity contribution in [3.8, 4) is 0 Å². The topological polar surface area (TPSA) is 52.6 Å². The minimum Gasteiger partial charge on any atom is -0.481 e. The summed E-state index contributed by atoms with van der Waals surface area (Å²) in [6.45, 7) is 4.76. The molecular formula is C13H18N2O2. The molecular weight excluding hydrogens is 216 g/mol. The van der Waals surface area contributed by atoms with Gasteiger partial charge >= 0.3 is 5.97 Å². The highest BCUT2D eigenvalue weighted by Gasteiger charge is 2.06. The minimum atomic E-state index is -0.800. The number of hydrogen-bond donors (Lipinski definition) is 2. The van der Waals surface area contributed by atoms with Gasteiger partial charge in [0.1, 0.15) is 0 Å². The normalized spacial score (nSPS) is 12.7. The maximum atomic E-state index is 10.5. The Balaban J connectivity index is 0.000000686. The second-order valence-electron chi connectivity index (χ2n) is 3.38. The summed E-state index contributed by atoms with van der Waals surface area (Å²) in [5, 5.41) is 11.7. The molecule has 0 aromatic heterocycles. The fourth-order valence-electron chi connectivity index (χ4n) is 1.50. The summed E-state index contributed by atoms with van der Waals surface area (Å²) < 4.78 is 0. The zero-order valence-electron chi connectivity index (χ0n) is 10.2. The minimum absolute atomic E-state index is 0.0777. The van der Waals surface area contributed by atoms with Gasteiger partial charge in [-0.05, 0) is 17.7 Å². The molecule has 0 bridgehead atoms. The number of carbonyl (C=O) groups is 1. The van der Waals surface area contributed by atoms with Crippen molar-refractivity contribution in [2.75, 3.05) is 11.6 Å². The van der Waals surface area contributed by atoms with Crippen molar-refractivity contribution in [3.63, 3.8) is 0 Å². The molecule has 0 saturated heterocycles. The molecule has 1 aliphatic heterocycles. The number of nitrogens with zero attached hydrogens (tertiary/aromatic N) is 1. The van der Waals surface area contributed by atoms with Gasteiger partial charge in [0.05, 0.1) is 13.1 Å². The van der Waals surface area contributed by atoms with Gasteiger partial charge in [-0.15, -0.1) is 0 Å². The summed E-state index contributed by atoms with van der Waals surface area (Å²) in [5.74, 6) is -0.800. The molecule has 1 aliphatic rings. The second-order valence-corrected chi connectivity index (χ2v) is 3.38. The lowest BCUT2D eigenvalue weighted by atomic mass is 10.1. The van der Waals surface area contributed by atoms with E-state index >= 15 is 0 Å². The third kappa shape index (κ3) is 3.83. The Kier molecular flexibility index (Phi) is 5.07. The van der Waals surface area contributed by atoms with Gasteiger partial charge in [0.15, 0.2) is 0 Å². The number of anilines is 1. The van der Waals surface area contributed by atoms with E-state index in [9.17, 15) is 4.79 Å². The Morgan fingerprint density at radius 1 is 1.35 bits per heavy atom. The predicted octanol–water partition coefficient (Wildman–Crippen LogP) is 2.18. The van der Waals surface area contributed by atoms with Crippen LogP contribution in [0.5, 0.6) is 0 Å². The Labute approximate surface area is 102 Å². The lowest BCUT2D eigenvalue weighted by Crippen LogP contribution is -2.19. The number of aliphatic carboxylic acids is 1. The number of rotatable bonds is 3. The van der Waals surface area contributed by atoms with Gasteiger partial charge in [0.25, 0.3) is 0 Å². The first-order valence-corrected chi connectivity index (χ1v) is 5.73. The van der Waals surface area contributed by atoms with Crippen molar-refractivity contribution in [2.24, 2.45) is 0 Å². The smallest absolute Gasteiger partial charge is 0.307 e. The van der Waals surface area contributed by atoms with Crippen molar-refractivity contribution >= 4 is 11.7 Å². The van der Waals surface area contributed by atoms with Crippen molar-refractivity contribution in [2.45, 2.75) is 20.3 Å². The van der Waals surface area contributed by atoms with Crippen LogP contribution in [0.2, 0.25) is 0 Å². The zero-order chi connectivity index (χ0) is 12.7. The van der Waals surface area contributed by atoms with Crippen LogP contribution < -0.4 is 10.2 Å². The second kappa shape index (κ2) is 6.58. The monoisotopic (exact) mass is 234 g/mol. The summed E-state index contributed by atoms with van der Waals surface area (Å²) in [5.41, 5.74) is 1.88. The molecule has 1 aromatic rings. The molecule has 0 atom stereocenters. The third-order valence-electron chi connectivity index (χ3n) is 2.26. The molecule has 17 heavy (non-hydrogen) atoms. The van der Waals surface area contributed by atoms with Crippen molar-refractivity contribution < 1.29 is 9.90 Å². The first-order chi connectivity index (χ1) is 8.25. The molecule has 2 N–H and O–H groups in total.